The van der Waals surface area contributed by atoms with Crippen molar-refractivity contribution in [1.29, 1.82) is 0 Å². The fraction of sp³-hybridized carbons (Fsp3) is 0.0833. The van der Waals surface area contributed by atoms with Gasteiger partial charge in [-0.15, -0.1) is 11.3 Å². The first-order valence-corrected chi connectivity index (χ1v) is 11.1. The van der Waals surface area contributed by atoms with E-state index in [-0.39, 0.29) is 12.1 Å². The van der Waals surface area contributed by atoms with Gasteiger partial charge in [-0.3, -0.25) is 14.2 Å². The van der Waals surface area contributed by atoms with Crippen LogP contribution in [0.2, 0.25) is 0 Å². The minimum atomic E-state index is -0.642. The van der Waals surface area contributed by atoms with Gasteiger partial charge in [-0.05, 0) is 42.1 Å². The molecule has 0 fully saturated rings. The Balaban J connectivity index is 1.43. The minimum absolute atomic E-state index is 0.107. The number of rotatable bonds is 5. The van der Waals surface area contributed by atoms with E-state index in [2.05, 4.69) is 15.3 Å². The van der Waals surface area contributed by atoms with Crippen LogP contribution in [0.15, 0.2) is 82.1 Å². The summed E-state index contributed by atoms with van der Waals surface area (Å²) in [6.07, 6.45) is 5.01. The number of anilines is 1. The van der Waals surface area contributed by atoms with Crippen molar-refractivity contribution in [2.75, 3.05) is 5.32 Å². The quantitative estimate of drug-likeness (QED) is 0.422. The molecule has 0 aliphatic carbocycles. The van der Waals surface area contributed by atoms with Gasteiger partial charge in [-0.2, -0.15) is 0 Å². The fourth-order valence-electron chi connectivity index (χ4n) is 3.62. The summed E-state index contributed by atoms with van der Waals surface area (Å²) in [6, 6.07) is 14.9. The number of aromatic nitrogens is 4. The normalized spacial score (nSPS) is 11.1. The average molecular weight is 458 g/mol. The summed E-state index contributed by atoms with van der Waals surface area (Å²) in [6.45, 7) is 2.11. The summed E-state index contributed by atoms with van der Waals surface area (Å²) in [5.74, 6) is -0.598. The van der Waals surface area contributed by atoms with E-state index < -0.39 is 17.2 Å². The van der Waals surface area contributed by atoms with Gasteiger partial charge in [-0.1, -0.05) is 24.3 Å². The molecule has 8 nitrogen and oxygen atoms in total. The van der Waals surface area contributed by atoms with Crippen molar-refractivity contribution < 1.29 is 4.79 Å². The molecule has 1 aromatic carbocycles. The zero-order valence-corrected chi connectivity index (χ0v) is 18.4. The molecule has 0 bridgehead atoms. The van der Waals surface area contributed by atoms with Gasteiger partial charge in [0.25, 0.3) is 11.5 Å². The van der Waals surface area contributed by atoms with E-state index in [9.17, 15) is 14.4 Å². The standard InChI is InChI=1S/C24H19N5O3S/c1-15-5-3-9-28-14-20(27-21(15)28)16-6-2-7-17(11-16)26-22(30)19-12-25-24(32)29(23(19)31)13-18-8-4-10-33-18/h2-12,14H,13H2,1H3,(H,25,32)(H,26,30). The molecule has 0 aliphatic heterocycles. The number of pyridine rings is 1. The highest BCUT2D eigenvalue weighted by Crippen LogP contribution is 2.23. The topological polar surface area (TPSA) is 101 Å². The van der Waals surface area contributed by atoms with Crippen molar-refractivity contribution in [3.05, 3.63) is 109 Å². The Labute approximate surface area is 191 Å². The second kappa shape index (κ2) is 8.36. The van der Waals surface area contributed by atoms with Gasteiger partial charge >= 0.3 is 5.69 Å². The maximum absolute atomic E-state index is 12.9. The van der Waals surface area contributed by atoms with Crippen LogP contribution in [-0.2, 0) is 6.54 Å². The van der Waals surface area contributed by atoms with Crippen LogP contribution in [0.4, 0.5) is 5.69 Å². The number of imidazole rings is 1. The van der Waals surface area contributed by atoms with Crippen LogP contribution < -0.4 is 16.6 Å². The van der Waals surface area contributed by atoms with Crippen molar-refractivity contribution >= 4 is 28.6 Å². The lowest BCUT2D eigenvalue weighted by Crippen LogP contribution is -2.39. The van der Waals surface area contributed by atoms with E-state index in [0.717, 1.165) is 38.1 Å². The number of H-pyrrole nitrogens is 1. The predicted molar refractivity (Wildman–Crippen MR) is 128 cm³/mol. The Bertz CT molecular complexity index is 1590. The lowest BCUT2D eigenvalue weighted by atomic mass is 10.1. The molecule has 9 heteroatoms. The van der Waals surface area contributed by atoms with E-state index >= 15 is 0 Å². The molecule has 4 heterocycles. The number of fused-ring (bicyclic) bond motifs is 1. The molecular formula is C24H19N5O3S. The van der Waals surface area contributed by atoms with E-state index in [1.165, 1.54) is 11.3 Å². The van der Waals surface area contributed by atoms with Crippen LogP contribution in [0.5, 0.6) is 0 Å². The van der Waals surface area contributed by atoms with Crippen LogP contribution >= 0.6 is 11.3 Å². The lowest BCUT2D eigenvalue weighted by molar-refractivity contribution is 0.102. The van der Waals surface area contributed by atoms with Crippen LogP contribution in [0.1, 0.15) is 20.8 Å². The molecule has 2 N–H and O–H groups in total. The lowest BCUT2D eigenvalue weighted by Gasteiger charge is -2.08. The van der Waals surface area contributed by atoms with Crippen molar-refractivity contribution in [3.63, 3.8) is 0 Å². The molecule has 5 aromatic rings. The number of aryl methyl sites for hydroxylation is 1. The zero-order chi connectivity index (χ0) is 22.9. The molecule has 0 radical (unpaired) electrons. The summed E-state index contributed by atoms with van der Waals surface area (Å²) in [5, 5.41) is 4.62. The number of aromatic amines is 1. The van der Waals surface area contributed by atoms with Gasteiger partial charge in [-0.25, -0.2) is 9.78 Å². The van der Waals surface area contributed by atoms with Crippen LogP contribution in [0.25, 0.3) is 16.9 Å². The number of benzene rings is 1. The highest BCUT2D eigenvalue weighted by atomic mass is 32.1. The predicted octanol–water partition coefficient (Wildman–Crippen LogP) is 3.52. The van der Waals surface area contributed by atoms with Crippen molar-refractivity contribution in [3.8, 4) is 11.3 Å². The van der Waals surface area contributed by atoms with E-state index in [1.807, 2.05) is 65.5 Å². The maximum Gasteiger partial charge on any atom is 0.328 e. The number of carbonyl (C=O) groups excluding carboxylic acids is 1. The summed E-state index contributed by atoms with van der Waals surface area (Å²) >= 11 is 1.43. The number of nitrogens with one attached hydrogen (secondary N) is 2. The Morgan fingerprint density at radius 3 is 2.82 bits per heavy atom. The van der Waals surface area contributed by atoms with Crippen LogP contribution in [-0.4, -0.2) is 24.8 Å². The Hall–Kier alpha value is -4.24. The maximum atomic E-state index is 12.9. The highest BCUT2D eigenvalue weighted by Gasteiger charge is 2.16. The van der Waals surface area contributed by atoms with Gasteiger partial charge in [0.15, 0.2) is 0 Å². The summed E-state index contributed by atoms with van der Waals surface area (Å²) in [4.78, 5) is 45.9. The molecule has 164 valence electrons. The van der Waals surface area contributed by atoms with Crippen molar-refractivity contribution in [1.82, 2.24) is 18.9 Å². The monoisotopic (exact) mass is 457 g/mol. The second-order valence-electron chi connectivity index (χ2n) is 7.56. The molecule has 0 aliphatic rings. The summed E-state index contributed by atoms with van der Waals surface area (Å²) < 4.78 is 2.97. The number of thiophene rings is 1. The number of hydrogen-bond acceptors (Lipinski definition) is 5. The number of nitrogens with zero attached hydrogens (tertiary/aromatic N) is 3. The molecule has 4 aromatic heterocycles. The highest BCUT2D eigenvalue weighted by molar-refractivity contribution is 7.09. The zero-order valence-electron chi connectivity index (χ0n) is 17.6. The second-order valence-corrected chi connectivity index (χ2v) is 8.59. The van der Waals surface area contributed by atoms with Gasteiger partial charge in [0.05, 0.1) is 12.2 Å². The molecule has 0 spiro atoms. The summed E-state index contributed by atoms with van der Waals surface area (Å²) in [7, 11) is 0. The SMILES string of the molecule is Cc1cccn2cc(-c3cccc(NC(=O)c4c[nH]c(=O)n(Cc5cccs5)c4=O)c3)nc12. The molecule has 0 atom stereocenters. The Morgan fingerprint density at radius 1 is 1.15 bits per heavy atom. The molecule has 33 heavy (non-hydrogen) atoms. The molecule has 0 saturated heterocycles. The average Bonchev–Trinajstić information content (AvgIpc) is 3.47. The molecule has 0 saturated carbocycles. The Kier molecular flexibility index (Phi) is 5.23. The first-order chi connectivity index (χ1) is 16.0. The molecule has 5 rings (SSSR count). The van der Waals surface area contributed by atoms with E-state index in [1.54, 1.807) is 12.1 Å². The fourth-order valence-corrected chi connectivity index (χ4v) is 4.32. The van der Waals surface area contributed by atoms with Crippen molar-refractivity contribution in [2.24, 2.45) is 0 Å². The first-order valence-electron chi connectivity index (χ1n) is 10.2. The van der Waals surface area contributed by atoms with Crippen LogP contribution in [0.3, 0.4) is 0 Å². The first kappa shape index (κ1) is 20.7. The third-order valence-electron chi connectivity index (χ3n) is 5.29. The number of amides is 1. The minimum Gasteiger partial charge on any atom is -0.322 e. The van der Waals surface area contributed by atoms with Crippen molar-refractivity contribution in [2.45, 2.75) is 13.5 Å². The summed E-state index contributed by atoms with van der Waals surface area (Å²) in [5.41, 5.74) is 2.69. The molecular weight excluding hydrogens is 438 g/mol. The van der Waals surface area contributed by atoms with E-state index in [4.69, 9.17) is 0 Å². The van der Waals surface area contributed by atoms with Crippen LogP contribution in [0, 0.1) is 6.92 Å². The third kappa shape index (κ3) is 4.01. The third-order valence-corrected chi connectivity index (χ3v) is 6.15. The Morgan fingerprint density at radius 2 is 2.03 bits per heavy atom. The van der Waals surface area contributed by atoms with Gasteiger partial charge in [0.1, 0.15) is 11.2 Å². The number of carbonyl (C=O) groups is 1. The number of hydrogen-bond donors (Lipinski definition) is 2. The van der Waals surface area contributed by atoms with Gasteiger partial charge < -0.3 is 14.7 Å². The largest absolute Gasteiger partial charge is 0.328 e. The molecule has 0 unspecified atom stereocenters. The van der Waals surface area contributed by atoms with E-state index in [0.29, 0.717) is 5.69 Å². The van der Waals surface area contributed by atoms with Gasteiger partial charge in [0, 0.05) is 34.7 Å². The van der Waals surface area contributed by atoms with Gasteiger partial charge in [0.2, 0.25) is 0 Å². The molecule has 1 amide bonds. The smallest absolute Gasteiger partial charge is 0.322 e.